The number of benzene rings is 1. The van der Waals surface area contributed by atoms with E-state index >= 15 is 0 Å². The lowest BCUT2D eigenvalue weighted by Crippen LogP contribution is -2.42. The predicted octanol–water partition coefficient (Wildman–Crippen LogP) is 2.34. The Morgan fingerprint density at radius 2 is 2.15 bits per heavy atom. The average Bonchev–Trinajstić information content (AvgIpc) is 2.45. The Morgan fingerprint density at radius 1 is 1.45 bits per heavy atom. The summed E-state index contributed by atoms with van der Waals surface area (Å²) in [5.74, 6) is 1.04. The maximum absolute atomic E-state index is 12.2. The molecule has 4 nitrogen and oxygen atoms in total. The van der Waals surface area contributed by atoms with Crippen LogP contribution in [0, 0.1) is 0 Å². The van der Waals surface area contributed by atoms with E-state index < -0.39 is 0 Å². The number of amides is 1. The van der Waals surface area contributed by atoms with E-state index in [2.05, 4.69) is 15.9 Å². The number of aryl methyl sites for hydroxylation is 1. The molecule has 0 saturated carbocycles. The number of carbonyl (C=O) groups excluding carboxylic acids is 1. The Hall–Kier alpha value is -1.07. The van der Waals surface area contributed by atoms with Crippen LogP contribution in [-0.4, -0.2) is 37.0 Å². The number of halogens is 1. The molecule has 0 aromatic heterocycles. The molecule has 20 heavy (non-hydrogen) atoms. The zero-order valence-corrected chi connectivity index (χ0v) is 13.4. The number of nitrogens with two attached hydrogens (primary N) is 1. The summed E-state index contributed by atoms with van der Waals surface area (Å²) in [6.07, 6.45) is 3.03. The average molecular weight is 341 g/mol. The van der Waals surface area contributed by atoms with Gasteiger partial charge in [0.1, 0.15) is 5.75 Å². The van der Waals surface area contributed by atoms with Crippen LogP contribution in [-0.2, 0) is 11.2 Å². The van der Waals surface area contributed by atoms with Gasteiger partial charge in [-0.2, -0.15) is 0 Å². The summed E-state index contributed by atoms with van der Waals surface area (Å²) in [6.45, 7) is 1.57. The number of methoxy groups -OCH3 is 1. The van der Waals surface area contributed by atoms with Gasteiger partial charge in [0.05, 0.1) is 7.11 Å². The molecular weight excluding hydrogens is 320 g/mol. The molecule has 0 radical (unpaired) electrons. The number of hydrogen-bond donors (Lipinski definition) is 1. The van der Waals surface area contributed by atoms with E-state index in [1.165, 1.54) is 0 Å². The van der Waals surface area contributed by atoms with Gasteiger partial charge in [0, 0.05) is 30.0 Å². The molecule has 0 bridgehead atoms. The summed E-state index contributed by atoms with van der Waals surface area (Å²) in [5, 5.41) is 0. The molecule has 1 amide bonds. The van der Waals surface area contributed by atoms with E-state index in [-0.39, 0.29) is 11.9 Å². The predicted molar refractivity (Wildman–Crippen MR) is 82.8 cm³/mol. The fraction of sp³-hybridized carbons (Fsp3) is 0.533. The van der Waals surface area contributed by atoms with Crippen LogP contribution in [0.25, 0.3) is 0 Å². The van der Waals surface area contributed by atoms with Crippen molar-refractivity contribution in [2.75, 3.05) is 20.2 Å². The van der Waals surface area contributed by atoms with Gasteiger partial charge in [0.2, 0.25) is 5.91 Å². The number of piperidine rings is 1. The number of ether oxygens (including phenoxy) is 1. The molecule has 0 atom stereocenters. The Morgan fingerprint density at radius 3 is 2.80 bits per heavy atom. The number of nitrogens with zero attached hydrogens (tertiary/aromatic N) is 1. The van der Waals surface area contributed by atoms with Crippen molar-refractivity contribution in [3.05, 3.63) is 28.2 Å². The third kappa shape index (κ3) is 3.96. The highest BCUT2D eigenvalue weighted by atomic mass is 79.9. The van der Waals surface area contributed by atoms with Crippen LogP contribution in [0.1, 0.15) is 24.8 Å². The van der Waals surface area contributed by atoms with Gasteiger partial charge in [0.25, 0.3) is 0 Å². The van der Waals surface area contributed by atoms with Crippen LogP contribution in [0.2, 0.25) is 0 Å². The van der Waals surface area contributed by atoms with E-state index in [9.17, 15) is 4.79 Å². The van der Waals surface area contributed by atoms with Gasteiger partial charge >= 0.3 is 0 Å². The van der Waals surface area contributed by atoms with Crippen molar-refractivity contribution in [2.45, 2.75) is 31.7 Å². The van der Waals surface area contributed by atoms with Gasteiger partial charge in [-0.25, -0.2) is 0 Å². The molecule has 0 aliphatic carbocycles. The molecule has 1 saturated heterocycles. The summed E-state index contributed by atoms with van der Waals surface area (Å²) < 4.78 is 6.33. The van der Waals surface area contributed by atoms with Crippen LogP contribution >= 0.6 is 15.9 Å². The topological polar surface area (TPSA) is 55.6 Å². The van der Waals surface area contributed by atoms with Crippen LogP contribution in [0.3, 0.4) is 0 Å². The van der Waals surface area contributed by atoms with Gasteiger partial charge in [0.15, 0.2) is 0 Å². The third-order valence-electron chi connectivity index (χ3n) is 3.74. The molecule has 0 unspecified atom stereocenters. The number of likely N-dealkylation sites (tertiary alicyclic amines) is 1. The Bertz CT molecular complexity index is 471. The van der Waals surface area contributed by atoms with E-state index in [1.807, 2.05) is 23.1 Å². The third-order valence-corrected chi connectivity index (χ3v) is 4.24. The van der Waals surface area contributed by atoms with Crippen molar-refractivity contribution in [3.8, 4) is 5.75 Å². The summed E-state index contributed by atoms with van der Waals surface area (Å²) in [6, 6.07) is 6.13. The van der Waals surface area contributed by atoms with Crippen molar-refractivity contribution in [1.29, 1.82) is 0 Å². The minimum absolute atomic E-state index is 0.207. The number of rotatable bonds is 4. The van der Waals surface area contributed by atoms with Crippen molar-refractivity contribution in [1.82, 2.24) is 4.90 Å². The molecule has 0 spiro atoms. The molecule has 1 fully saturated rings. The lowest BCUT2D eigenvalue weighted by molar-refractivity contribution is -0.132. The molecule has 1 aliphatic heterocycles. The smallest absolute Gasteiger partial charge is 0.222 e. The second kappa shape index (κ2) is 7.09. The van der Waals surface area contributed by atoms with E-state index in [1.54, 1.807) is 7.11 Å². The molecule has 1 aromatic carbocycles. The summed E-state index contributed by atoms with van der Waals surface area (Å²) in [4.78, 5) is 14.1. The van der Waals surface area contributed by atoms with Gasteiger partial charge < -0.3 is 15.4 Å². The minimum Gasteiger partial charge on any atom is -0.496 e. The first-order valence-corrected chi connectivity index (χ1v) is 7.75. The van der Waals surface area contributed by atoms with Crippen LogP contribution in [0.5, 0.6) is 5.75 Å². The first kappa shape index (κ1) is 15.3. The van der Waals surface area contributed by atoms with E-state index in [0.29, 0.717) is 12.8 Å². The Kier molecular flexibility index (Phi) is 5.43. The molecule has 110 valence electrons. The number of carbonyl (C=O) groups is 1. The zero-order chi connectivity index (χ0) is 14.5. The summed E-state index contributed by atoms with van der Waals surface area (Å²) >= 11 is 3.45. The molecule has 1 aromatic rings. The first-order chi connectivity index (χ1) is 9.60. The van der Waals surface area contributed by atoms with Crippen LogP contribution < -0.4 is 10.5 Å². The van der Waals surface area contributed by atoms with Crippen molar-refractivity contribution in [3.63, 3.8) is 0 Å². The van der Waals surface area contributed by atoms with Gasteiger partial charge in [-0.3, -0.25) is 4.79 Å². The minimum atomic E-state index is 0.207. The van der Waals surface area contributed by atoms with E-state index in [0.717, 1.165) is 41.7 Å². The summed E-state index contributed by atoms with van der Waals surface area (Å²) in [5.41, 5.74) is 6.92. The van der Waals surface area contributed by atoms with Gasteiger partial charge in [-0.05, 0) is 43.0 Å². The SMILES string of the molecule is COc1ccc(Br)cc1CCC(=O)N1CCC(N)CC1. The highest BCUT2D eigenvalue weighted by molar-refractivity contribution is 9.10. The van der Waals surface area contributed by atoms with Crippen molar-refractivity contribution < 1.29 is 9.53 Å². The molecule has 5 heteroatoms. The largest absolute Gasteiger partial charge is 0.496 e. The Balaban J connectivity index is 1.91. The van der Waals surface area contributed by atoms with Gasteiger partial charge in [-0.1, -0.05) is 15.9 Å². The highest BCUT2D eigenvalue weighted by Crippen LogP contribution is 2.24. The molecule has 2 N–H and O–H groups in total. The zero-order valence-electron chi connectivity index (χ0n) is 11.8. The number of hydrogen-bond acceptors (Lipinski definition) is 3. The molecule has 1 aliphatic rings. The quantitative estimate of drug-likeness (QED) is 0.915. The fourth-order valence-corrected chi connectivity index (χ4v) is 2.90. The van der Waals surface area contributed by atoms with Crippen molar-refractivity contribution in [2.24, 2.45) is 5.73 Å². The molecular formula is C15H21BrN2O2. The maximum Gasteiger partial charge on any atom is 0.222 e. The van der Waals surface area contributed by atoms with Gasteiger partial charge in [-0.15, -0.1) is 0 Å². The normalized spacial score (nSPS) is 16.2. The lowest BCUT2D eigenvalue weighted by atomic mass is 10.0. The molecule has 2 rings (SSSR count). The first-order valence-electron chi connectivity index (χ1n) is 6.96. The lowest BCUT2D eigenvalue weighted by Gasteiger charge is -2.30. The second-order valence-corrected chi connectivity index (χ2v) is 6.09. The monoisotopic (exact) mass is 340 g/mol. The second-order valence-electron chi connectivity index (χ2n) is 5.17. The fourth-order valence-electron chi connectivity index (χ4n) is 2.49. The molecule has 1 heterocycles. The van der Waals surface area contributed by atoms with E-state index in [4.69, 9.17) is 10.5 Å². The van der Waals surface area contributed by atoms with Crippen LogP contribution in [0.15, 0.2) is 22.7 Å². The standard InChI is InChI=1S/C15H21BrN2O2/c1-20-14-4-3-12(16)10-11(14)2-5-15(19)18-8-6-13(17)7-9-18/h3-4,10,13H,2,5-9,17H2,1H3. The van der Waals surface area contributed by atoms with Crippen LogP contribution in [0.4, 0.5) is 0 Å². The maximum atomic E-state index is 12.2. The Labute approximate surface area is 128 Å². The highest BCUT2D eigenvalue weighted by Gasteiger charge is 2.20. The summed E-state index contributed by atoms with van der Waals surface area (Å²) in [7, 11) is 1.65. The van der Waals surface area contributed by atoms with Crippen molar-refractivity contribution >= 4 is 21.8 Å².